The lowest BCUT2D eigenvalue weighted by molar-refractivity contribution is -0.383. The maximum Gasteiger partial charge on any atom is 0.316 e. The number of nitro benzene ring substituents is 1. The predicted molar refractivity (Wildman–Crippen MR) is 79.6 cm³/mol. The molecule has 1 fully saturated rings. The molecule has 2 unspecified atom stereocenters. The molecule has 1 aromatic carbocycles. The topological polar surface area (TPSA) is 128 Å². The van der Waals surface area contributed by atoms with Crippen molar-refractivity contribution in [3.63, 3.8) is 0 Å². The van der Waals surface area contributed by atoms with E-state index >= 15 is 0 Å². The molecule has 5 N–H and O–H groups in total. The number of nitro groups is 1. The molecule has 2 atom stereocenters. The summed E-state index contributed by atoms with van der Waals surface area (Å²) in [7, 11) is 0. The number of para-hydroxylation sites is 1. The number of carbonyl (C=O) groups is 1. The van der Waals surface area contributed by atoms with Crippen molar-refractivity contribution in [3.8, 4) is 0 Å². The van der Waals surface area contributed by atoms with Crippen molar-refractivity contribution in [3.05, 3.63) is 28.3 Å². The van der Waals surface area contributed by atoms with Crippen molar-refractivity contribution in [2.45, 2.75) is 25.8 Å². The number of piperidine rings is 1. The molecule has 1 aliphatic heterocycles. The fraction of sp³-hybridized carbons (Fsp3) is 0.462. The maximum absolute atomic E-state index is 11.4. The van der Waals surface area contributed by atoms with Crippen LogP contribution in [-0.4, -0.2) is 23.4 Å². The van der Waals surface area contributed by atoms with Gasteiger partial charge in [-0.2, -0.15) is 0 Å². The number of hydrogen-bond acceptors (Lipinski definition) is 6. The van der Waals surface area contributed by atoms with Crippen LogP contribution in [0.3, 0.4) is 0 Å². The summed E-state index contributed by atoms with van der Waals surface area (Å²) in [6.45, 7) is 2.36. The van der Waals surface area contributed by atoms with Gasteiger partial charge in [-0.05, 0) is 31.9 Å². The number of amides is 1. The largest absolute Gasteiger partial charge is 0.369 e. The van der Waals surface area contributed by atoms with E-state index in [9.17, 15) is 14.9 Å². The molecule has 0 bridgehead atoms. The zero-order chi connectivity index (χ0) is 15.6. The standard InChI is InChI=1S/C13H19N5O3/c1-8-5-6-9(13(14)19)7-17(8)11-4-2-3-10(16-15)12(11)18(20)21/h2-4,8-9,16H,5-7,15H2,1H3,(H2,14,19). The Morgan fingerprint density at radius 2 is 2.19 bits per heavy atom. The van der Waals surface area contributed by atoms with E-state index in [1.807, 2.05) is 11.8 Å². The highest BCUT2D eigenvalue weighted by atomic mass is 16.6. The first-order valence-corrected chi connectivity index (χ1v) is 6.75. The number of nitrogens with two attached hydrogens (primary N) is 2. The smallest absolute Gasteiger partial charge is 0.316 e. The Balaban J connectivity index is 2.44. The van der Waals surface area contributed by atoms with Crippen molar-refractivity contribution in [2.75, 3.05) is 16.9 Å². The normalized spacial score (nSPS) is 21.9. The number of rotatable bonds is 4. The van der Waals surface area contributed by atoms with E-state index in [-0.39, 0.29) is 29.2 Å². The van der Waals surface area contributed by atoms with Crippen molar-refractivity contribution in [2.24, 2.45) is 17.5 Å². The van der Waals surface area contributed by atoms with Gasteiger partial charge in [-0.1, -0.05) is 6.07 Å². The lowest BCUT2D eigenvalue weighted by Crippen LogP contribution is -2.46. The molecule has 21 heavy (non-hydrogen) atoms. The molecule has 1 saturated heterocycles. The monoisotopic (exact) mass is 293 g/mol. The molecule has 8 heteroatoms. The first-order chi connectivity index (χ1) is 9.95. The van der Waals surface area contributed by atoms with Gasteiger partial charge in [-0.3, -0.25) is 20.8 Å². The zero-order valence-electron chi connectivity index (χ0n) is 11.8. The average Bonchev–Trinajstić information content (AvgIpc) is 2.46. The van der Waals surface area contributed by atoms with Crippen LogP contribution in [0.25, 0.3) is 0 Å². The van der Waals surface area contributed by atoms with Gasteiger partial charge in [0, 0.05) is 12.6 Å². The minimum Gasteiger partial charge on any atom is -0.369 e. The fourth-order valence-electron chi connectivity index (χ4n) is 2.75. The molecule has 0 spiro atoms. The van der Waals surface area contributed by atoms with E-state index in [0.29, 0.717) is 18.7 Å². The van der Waals surface area contributed by atoms with Crippen LogP contribution in [0.1, 0.15) is 19.8 Å². The van der Waals surface area contributed by atoms with E-state index < -0.39 is 4.92 Å². The lowest BCUT2D eigenvalue weighted by Gasteiger charge is -2.38. The molecule has 0 saturated carbocycles. The lowest BCUT2D eigenvalue weighted by atomic mass is 9.92. The van der Waals surface area contributed by atoms with Crippen molar-refractivity contribution < 1.29 is 9.72 Å². The Labute approximate surface area is 122 Å². The third-order valence-electron chi connectivity index (χ3n) is 3.95. The molecule has 0 aliphatic carbocycles. The number of primary amides is 1. The molecule has 0 radical (unpaired) electrons. The molecule has 1 aliphatic rings. The number of nitrogens with one attached hydrogen (secondary N) is 1. The van der Waals surface area contributed by atoms with Crippen LogP contribution < -0.4 is 21.9 Å². The van der Waals surface area contributed by atoms with E-state index in [1.54, 1.807) is 18.2 Å². The molecule has 1 aromatic rings. The van der Waals surface area contributed by atoms with Gasteiger partial charge in [-0.25, -0.2) is 0 Å². The van der Waals surface area contributed by atoms with Crippen LogP contribution in [0.4, 0.5) is 17.1 Å². The molecule has 2 rings (SSSR count). The number of benzene rings is 1. The second-order valence-electron chi connectivity index (χ2n) is 5.25. The summed E-state index contributed by atoms with van der Waals surface area (Å²) in [5.41, 5.74) is 8.33. The summed E-state index contributed by atoms with van der Waals surface area (Å²) in [6, 6.07) is 4.99. The Morgan fingerprint density at radius 3 is 2.76 bits per heavy atom. The van der Waals surface area contributed by atoms with Gasteiger partial charge in [0.1, 0.15) is 11.4 Å². The highest BCUT2D eigenvalue weighted by Gasteiger charge is 2.33. The Hall–Kier alpha value is -2.35. The zero-order valence-corrected chi connectivity index (χ0v) is 11.8. The van der Waals surface area contributed by atoms with Crippen LogP contribution in [-0.2, 0) is 4.79 Å². The Morgan fingerprint density at radius 1 is 1.48 bits per heavy atom. The van der Waals surface area contributed by atoms with Gasteiger partial charge < -0.3 is 16.1 Å². The third kappa shape index (κ3) is 2.89. The number of nitrogen functional groups attached to an aromatic ring is 1. The maximum atomic E-state index is 11.4. The minimum atomic E-state index is -0.467. The van der Waals surface area contributed by atoms with E-state index in [1.165, 1.54) is 0 Å². The summed E-state index contributed by atoms with van der Waals surface area (Å²) in [6.07, 6.45) is 1.46. The summed E-state index contributed by atoms with van der Waals surface area (Å²) >= 11 is 0. The molecule has 0 aromatic heterocycles. The van der Waals surface area contributed by atoms with Crippen LogP contribution >= 0.6 is 0 Å². The molecular weight excluding hydrogens is 274 g/mol. The molecule has 114 valence electrons. The van der Waals surface area contributed by atoms with E-state index in [4.69, 9.17) is 11.6 Å². The van der Waals surface area contributed by atoms with Crippen molar-refractivity contribution in [1.82, 2.24) is 0 Å². The van der Waals surface area contributed by atoms with Crippen LogP contribution in [0.2, 0.25) is 0 Å². The van der Waals surface area contributed by atoms with Crippen LogP contribution in [0.15, 0.2) is 18.2 Å². The number of hydrazine groups is 1. The van der Waals surface area contributed by atoms with Gasteiger partial charge in [0.15, 0.2) is 0 Å². The molecule has 8 nitrogen and oxygen atoms in total. The number of nitrogens with zero attached hydrogens (tertiary/aromatic N) is 2. The fourth-order valence-corrected chi connectivity index (χ4v) is 2.75. The average molecular weight is 293 g/mol. The van der Waals surface area contributed by atoms with E-state index in [0.717, 1.165) is 6.42 Å². The van der Waals surface area contributed by atoms with Gasteiger partial charge in [0.2, 0.25) is 5.91 Å². The van der Waals surface area contributed by atoms with Gasteiger partial charge in [0.25, 0.3) is 0 Å². The second kappa shape index (κ2) is 5.96. The van der Waals surface area contributed by atoms with E-state index in [2.05, 4.69) is 5.43 Å². The summed E-state index contributed by atoms with van der Waals surface area (Å²) in [4.78, 5) is 24.2. The summed E-state index contributed by atoms with van der Waals surface area (Å²) in [5, 5.41) is 11.4. The van der Waals surface area contributed by atoms with Crippen molar-refractivity contribution >= 4 is 23.0 Å². The molecule has 1 amide bonds. The van der Waals surface area contributed by atoms with Gasteiger partial charge in [0.05, 0.1) is 10.8 Å². The molecular formula is C13H19N5O3. The highest BCUT2D eigenvalue weighted by molar-refractivity contribution is 5.80. The highest BCUT2D eigenvalue weighted by Crippen LogP contribution is 2.38. The van der Waals surface area contributed by atoms with Crippen molar-refractivity contribution in [1.29, 1.82) is 0 Å². The first kappa shape index (κ1) is 15.0. The van der Waals surface area contributed by atoms with Gasteiger partial charge >= 0.3 is 5.69 Å². The van der Waals surface area contributed by atoms with Crippen LogP contribution in [0.5, 0.6) is 0 Å². The summed E-state index contributed by atoms with van der Waals surface area (Å²) < 4.78 is 0. The minimum absolute atomic E-state index is 0.0861. The first-order valence-electron chi connectivity index (χ1n) is 6.75. The SMILES string of the molecule is CC1CCC(C(N)=O)CN1c1cccc(NN)c1[N+](=O)[O-]. The predicted octanol–water partition coefficient (Wildman–Crippen LogP) is 0.971. The number of anilines is 2. The quantitative estimate of drug-likeness (QED) is 0.431. The Bertz CT molecular complexity index is 563. The summed E-state index contributed by atoms with van der Waals surface area (Å²) in [5.74, 6) is 4.68. The number of carbonyl (C=O) groups excluding carboxylic acids is 1. The Kier molecular flexibility index (Phi) is 4.27. The van der Waals surface area contributed by atoms with Crippen LogP contribution in [0, 0.1) is 16.0 Å². The second-order valence-corrected chi connectivity index (χ2v) is 5.25. The van der Waals surface area contributed by atoms with Gasteiger partial charge in [-0.15, -0.1) is 0 Å². The molecule has 1 heterocycles. The number of hydrogen-bond donors (Lipinski definition) is 3. The third-order valence-corrected chi connectivity index (χ3v) is 3.95.